The topological polar surface area (TPSA) is 22.4 Å². The zero-order valence-corrected chi connectivity index (χ0v) is 13.8. The number of ether oxygens (including phenoxy) is 1. The van der Waals surface area contributed by atoms with E-state index in [9.17, 15) is 22.0 Å². The maximum atomic E-state index is 14.0. The normalized spacial score (nSPS) is 11.6. The SMILES string of the molecule is Fc1cc(C(F)(F)F)cc(F)c1Oc1c(Br)cccc1-c1ccco1. The summed E-state index contributed by atoms with van der Waals surface area (Å²) in [4.78, 5) is 0. The van der Waals surface area contributed by atoms with Gasteiger partial charge in [-0.3, -0.25) is 0 Å². The average molecular weight is 419 g/mol. The highest BCUT2D eigenvalue weighted by atomic mass is 79.9. The summed E-state index contributed by atoms with van der Waals surface area (Å²) in [6.07, 6.45) is -3.47. The molecule has 0 amide bonds. The predicted octanol–water partition coefficient (Wildman–Crippen LogP) is 6.80. The van der Waals surface area contributed by atoms with E-state index in [1.807, 2.05) is 0 Å². The quantitative estimate of drug-likeness (QED) is 0.436. The molecule has 2 nitrogen and oxygen atoms in total. The molecule has 0 saturated heterocycles. The molecule has 1 heterocycles. The standard InChI is InChI=1S/C17H8BrF5O2/c18-11-4-1-3-10(14-5-2-6-24-14)15(11)25-16-12(19)7-9(8-13(16)20)17(21,22)23/h1-8H. The molecule has 3 rings (SSSR count). The van der Waals surface area contributed by atoms with E-state index in [4.69, 9.17) is 9.15 Å². The largest absolute Gasteiger partial charge is 0.464 e. The highest BCUT2D eigenvalue weighted by Gasteiger charge is 2.33. The van der Waals surface area contributed by atoms with Gasteiger partial charge in [0, 0.05) is 0 Å². The number of furan rings is 1. The van der Waals surface area contributed by atoms with E-state index >= 15 is 0 Å². The van der Waals surface area contributed by atoms with E-state index in [1.165, 1.54) is 6.26 Å². The van der Waals surface area contributed by atoms with Gasteiger partial charge >= 0.3 is 6.18 Å². The minimum absolute atomic E-state index is 0.00927. The van der Waals surface area contributed by atoms with Gasteiger partial charge in [0.25, 0.3) is 0 Å². The minimum atomic E-state index is -4.87. The van der Waals surface area contributed by atoms with Crippen LogP contribution in [0.2, 0.25) is 0 Å². The summed E-state index contributed by atoms with van der Waals surface area (Å²) in [7, 11) is 0. The van der Waals surface area contributed by atoms with Crippen LogP contribution in [-0.2, 0) is 6.18 Å². The van der Waals surface area contributed by atoms with Crippen molar-refractivity contribution in [1.29, 1.82) is 0 Å². The first-order valence-corrected chi connectivity index (χ1v) is 7.63. The molecule has 0 aliphatic carbocycles. The Morgan fingerprint density at radius 2 is 1.60 bits per heavy atom. The summed E-state index contributed by atoms with van der Waals surface area (Å²) in [5.74, 6) is -3.49. The lowest BCUT2D eigenvalue weighted by atomic mass is 10.1. The van der Waals surface area contributed by atoms with Crippen LogP contribution < -0.4 is 4.74 Å². The Hall–Kier alpha value is -2.35. The molecule has 25 heavy (non-hydrogen) atoms. The molecule has 8 heteroatoms. The molecule has 0 fully saturated rings. The summed E-state index contributed by atoms with van der Waals surface area (Å²) in [6, 6.07) is 8.37. The lowest BCUT2D eigenvalue weighted by Gasteiger charge is -2.14. The van der Waals surface area contributed by atoms with Crippen LogP contribution in [0.3, 0.4) is 0 Å². The Morgan fingerprint density at radius 3 is 2.16 bits per heavy atom. The molecule has 130 valence electrons. The van der Waals surface area contributed by atoms with Crippen molar-refractivity contribution in [3.8, 4) is 22.8 Å². The van der Waals surface area contributed by atoms with Crippen molar-refractivity contribution in [2.75, 3.05) is 0 Å². The Labute approximate surface area is 147 Å². The molecule has 2 aromatic carbocycles. The zero-order valence-electron chi connectivity index (χ0n) is 12.2. The van der Waals surface area contributed by atoms with E-state index in [2.05, 4.69) is 15.9 Å². The van der Waals surface area contributed by atoms with Gasteiger partial charge in [-0.1, -0.05) is 6.07 Å². The third-order valence-corrected chi connectivity index (χ3v) is 3.91. The summed E-state index contributed by atoms with van der Waals surface area (Å²) in [5.41, 5.74) is -1.06. The molecule has 0 radical (unpaired) electrons. The molecule has 0 N–H and O–H groups in total. The van der Waals surface area contributed by atoms with Gasteiger partial charge in [-0.2, -0.15) is 13.2 Å². The number of rotatable bonds is 3. The van der Waals surface area contributed by atoms with Crippen LogP contribution in [0, 0.1) is 11.6 Å². The number of hydrogen-bond donors (Lipinski definition) is 0. The van der Waals surface area contributed by atoms with Crippen LogP contribution in [-0.4, -0.2) is 0 Å². The van der Waals surface area contributed by atoms with Crippen molar-refractivity contribution >= 4 is 15.9 Å². The molecule has 0 saturated carbocycles. The van der Waals surface area contributed by atoms with Gasteiger partial charge in [0.2, 0.25) is 0 Å². The number of halogens is 6. The van der Waals surface area contributed by atoms with Crippen LogP contribution in [0.25, 0.3) is 11.3 Å². The first kappa shape index (κ1) is 17.5. The van der Waals surface area contributed by atoms with Crippen LogP contribution in [0.1, 0.15) is 5.56 Å². The number of hydrogen-bond acceptors (Lipinski definition) is 2. The van der Waals surface area contributed by atoms with E-state index in [-0.39, 0.29) is 17.9 Å². The van der Waals surface area contributed by atoms with Gasteiger partial charge < -0.3 is 9.15 Å². The molecule has 0 aliphatic heterocycles. The first-order chi connectivity index (χ1) is 11.8. The third-order valence-electron chi connectivity index (χ3n) is 3.28. The molecular weight excluding hydrogens is 411 g/mol. The van der Waals surface area contributed by atoms with E-state index in [1.54, 1.807) is 30.3 Å². The molecular formula is C17H8BrF5O2. The molecule has 1 aromatic heterocycles. The van der Waals surface area contributed by atoms with Crippen LogP contribution >= 0.6 is 15.9 Å². The monoisotopic (exact) mass is 418 g/mol. The van der Waals surface area contributed by atoms with Gasteiger partial charge in [-0.05, 0) is 52.3 Å². The zero-order chi connectivity index (χ0) is 18.2. The second-order valence-electron chi connectivity index (χ2n) is 4.96. The van der Waals surface area contributed by atoms with Crippen molar-refractivity contribution in [3.63, 3.8) is 0 Å². The van der Waals surface area contributed by atoms with Crippen molar-refractivity contribution in [2.24, 2.45) is 0 Å². The smallest absolute Gasteiger partial charge is 0.416 e. The number of benzene rings is 2. The van der Waals surface area contributed by atoms with Crippen LogP contribution in [0.5, 0.6) is 11.5 Å². The summed E-state index contributed by atoms with van der Waals surface area (Å²) >= 11 is 3.19. The van der Waals surface area contributed by atoms with Crippen LogP contribution in [0.15, 0.2) is 57.6 Å². The maximum absolute atomic E-state index is 14.0. The maximum Gasteiger partial charge on any atom is 0.416 e. The molecule has 0 atom stereocenters. The fraction of sp³-hybridized carbons (Fsp3) is 0.0588. The van der Waals surface area contributed by atoms with Crippen molar-refractivity contribution in [2.45, 2.75) is 6.18 Å². The molecule has 0 unspecified atom stereocenters. The number of alkyl halides is 3. The molecule has 3 aromatic rings. The highest BCUT2D eigenvalue weighted by molar-refractivity contribution is 9.10. The van der Waals surface area contributed by atoms with Crippen molar-refractivity contribution in [3.05, 3.63) is 70.4 Å². The second kappa shape index (κ2) is 6.51. The minimum Gasteiger partial charge on any atom is -0.464 e. The second-order valence-corrected chi connectivity index (χ2v) is 5.82. The van der Waals surface area contributed by atoms with Gasteiger partial charge in [0.05, 0.1) is 21.9 Å². The van der Waals surface area contributed by atoms with Gasteiger partial charge in [0.1, 0.15) is 5.76 Å². The molecule has 0 bridgehead atoms. The fourth-order valence-electron chi connectivity index (χ4n) is 2.16. The Bertz CT molecular complexity index is 881. The van der Waals surface area contributed by atoms with E-state index in [0.29, 0.717) is 15.8 Å². The van der Waals surface area contributed by atoms with Gasteiger partial charge in [-0.15, -0.1) is 0 Å². The lowest BCUT2D eigenvalue weighted by Crippen LogP contribution is -2.07. The fourth-order valence-corrected chi connectivity index (χ4v) is 2.61. The van der Waals surface area contributed by atoms with Gasteiger partial charge in [-0.25, -0.2) is 8.78 Å². The lowest BCUT2D eigenvalue weighted by molar-refractivity contribution is -0.138. The van der Waals surface area contributed by atoms with E-state index < -0.39 is 29.1 Å². The summed E-state index contributed by atoms with van der Waals surface area (Å²) < 4.78 is 76.8. The summed E-state index contributed by atoms with van der Waals surface area (Å²) in [5, 5.41) is 0. The van der Waals surface area contributed by atoms with Gasteiger partial charge in [0.15, 0.2) is 23.1 Å². The Balaban J connectivity index is 2.07. The summed E-state index contributed by atoms with van der Waals surface area (Å²) in [6.45, 7) is 0. The highest BCUT2D eigenvalue weighted by Crippen LogP contribution is 2.42. The Morgan fingerprint density at radius 1 is 0.920 bits per heavy atom. The average Bonchev–Trinajstić information content (AvgIpc) is 3.05. The third kappa shape index (κ3) is 3.53. The Kier molecular flexibility index (Phi) is 4.55. The molecule has 0 aliphatic rings. The van der Waals surface area contributed by atoms with Crippen molar-refractivity contribution < 1.29 is 31.1 Å². The van der Waals surface area contributed by atoms with Crippen LogP contribution in [0.4, 0.5) is 22.0 Å². The molecule has 0 spiro atoms. The predicted molar refractivity (Wildman–Crippen MR) is 83.3 cm³/mol. The number of para-hydroxylation sites is 1. The van der Waals surface area contributed by atoms with Crippen molar-refractivity contribution in [1.82, 2.24) is 0 Å². The first-order valence-electron chi connectivity index (χ1n) is 6.84. The van der Waals surface area contributed by atoms with E-state index in [0.717, 1.165) is 0 Å².